The van der Waals surface area contributed by atoms with Crippen LogP contribution in [0, 0.1) is 17.3 Å². The summed E-state index contributed by atoms with van der Waals surface area (Å²) in [6.45, 7) is 7.80. The summed E-state index contributed by atoms with van der Waals surface area (Å²) >= 11 is 5.94. The van der Waals surface area contributed by atoms with E-state index in [1.54, 1.807) is 0 Å². The normalized spacial score (nSPS) is 36.8. The second-order valence-electron chi connectivity index (χ2n) is 4.34. The van der Waals surface area contributed by atoms with Gasteiger partial charge in [-0.1, -0.05) is 13.8 Å². The molecule has 66 valence electrons. The Hall–Kier alpha value is 0.250. The van der Waals surface area contributed by atoms with E-state index in [0.717, 1.165) is 24.8 Å². The summed E-state index contributed by atoms with van der Waals surface area (Å²) in [4.78, 5) is 0. The third-order valence-electron chi connectivity index (χ3n) is 3.18. The predicted molar refractivity (Wildman–Crippen MR) is 48.4 cm³/mol. The highest BCUT2D eigenvalue weighted by Gasteiger charge is 2.57. The van der Waals surface area contributed by atoms with Gasteiger partial charge in [0.25, 0.3) is 0 Å². The van der Waals surface area contributed by atoms with Gasteiger partial charge in [-0.05, 0) is 24.7 Å². The van der Waals surface area contributed by atoms with E-state index in [2.05, 4.69) is 26.5 Å². The first-order valence-corrected chi connectivity index (χ1v) is 4.87. The Morgan fingerprint density at radius 2 is 2.00 bits per heavy atom. The molecular formula is C9H19ClN+. The molecule has 1 fully saturated rings. The molecule has 2 heteroatoms. The summed E-state index contributed by atoms with van der Waals surface area (Å²) in [7, 11) is 0. The number of rotatable bonds is 3. The Morgan fingerprint density at radius 1 is 1.45 bits per heavy atom. The zero-order valence-electron chi connectivity index (χ0n) is 7.73. The van der Waals surface area contributed by atoms with E-state index in [1.165, 1.54) is 0 Å². The Morgan fingerprint density at radius 3 is 2.27 bits per heavy atom. The van der Waals surface area contributed by atoms with Crippen molar-refractivity contribution in [2.45, 2.75) is 32.6 Å². The molecule has 3 N–H and O–H groups in total. The molecule has 1 aliphatic carbocycles. The van der Waals surface area contributed by atoms with Crippen LogP contribution < -0.4 is 5.73 Å². The van der Waals surface area contributed by atoms with Gasteiger partial charge in [-0.3, -0.25) is 0 Å². The highest BCUT2D eigenvalue weighted by atomic mass is 35.5. The molecule has 0 bridgehead atoms. The van der Waals surface area contributed by atoms with Gasteiger partial charge in [0, 0.05) is 11.3 Å². The lowest BCUT2D eigenvalue weighted by Gasteiger charge is -2.02. The largest absolute Gasteiger partial charge is 0.357 e. The minimum absolute atomic E-state index is 0.329. The lowest BCUT2D eigenvalue weighted by atomic mass is 10.1. The molecule has 0 amide bonds. The molecule has 1 rings (SSSR count). The van der Waals surface area contributed by atoms with Crippen molar-refractivity contribution in [1.82, 2.24) is 0 Å². The van der Waals surface area contributed by atoms with Gasteiger partial charge < -0.3 is 5.73 Å². The third kappa shape index (κ3) is 1.70. The van der Waals surface area contributed by atoms with Crippen LogP contribution in [-0.2, 0) is 0 Å². The highest BCUT2D eigenvalue weighted by molar-refractivity contribution is 6.20. The van der Waals surface area contributed by atoms with Crippen molar-refractivity contribution in [3.05, 3.63) is 0 Å². The number of halogens is 1. The molecule has 0 aromatic heterocycles. The van der Waals surface area contributed by atoms with Crippen LogP contribution in [0.3, 0.4) is 0 Å². The van der Waals surface area contributed by atoms with E-state index in [0.29, 0.717) is 10.8 Å². The molecule has 0 radical (unpaired) electrons. The molecule has 1 aliphatic rings. The molecule has 0 aliphatic heterocycles. The zero-order chi connectivity index (χ0) is 8.65. The summed E-state index contributed by atoms with van der Waals surface area (Å²) in [6.07, 6.45) is 1.16. The topological polar surface area (TPSA) is 27.6 Å². The van der Waals surface area contributed by atoms with Crippen molar-refractivity contribution in [1.29, 1.82) is 0 Å². The van der Waals surface area contributed by atoms with Crippen molar-refractivity contribution in [2.75, 3.05) is 6.54 Å². The summed E-state index contributed by atoms with van der Waals surface area (Å²) in [5.41, 5.74) is 4.48. The number of quaternary nitrogens is 1. The summed E-state index contributed by atoms with van der Waals surface area (Å²) in [5.74, 6) is 1.65. The Kier molecular flexibility index (Phi) is 2.50. The fraction of sp³-hybridized carbons (Fsp3) is 1.00. The monoisotopic (exact) mass is 176 g/mol. The fourth-order valence-corrected chi connectivity index (χ4v) is 2.44. The minimum Gasteiger partial charge on any atom is -0.357 e. The second-order valence-corrected chi connectivity index (χ2v) is 5.08. The third-order valence-corrected chi connectivity index (χ3v) is 3.36. The summed E-state index contributed by atoms with van der Waals surface area (Å²) in [6, 6.07) is 0. The van der Waals surface area contributed by atoms with Gasteiger partial charge in [-0.2, -0.15) is 0 Å². The van der Waals surface area contributed by atoms with Crippen LogP contribution in [0.1, 0.15) is 27.2 Å². The quantitative estimate of drug-likeness (QED) is 0.632. The number of alkyl halides is 1. The van der Waals surface area contributed by atoms with Gasteiger partial charge in [0.05, 0.1) is 6.54 Å². The smallest absolute Gasteiger partial charge is 0.0776 e. The van der Waals surface area contributed by atoms with Crippen molar-refractivity contribution < 1.29 is 5.73 Å². The van der Waals surface area contributed by atoms with Gasteiger partial charge in [-0.25, -0.2) is 0 Å². The molecule has 0 spiro atoms. The molecule has 0 aromatic carbocycles. The number of hydrogen-bond acceptors (Lipinski definition) is 0. The van der Waals surface area contributed by atoms with Crippen LogP contribution in [0.15, 0.2) is 0 Å². The summed E-state index contributed by atoms with van der Waals surface area (Å²) < 4.78 is 0. The molecule has 1 nitrogen and oxygen atoms in total. The molecular weight excluding hydrogens is 158 g/mol. The van der Waals surface area contributed by atoms with E-state index >= 15 is 0 Å². The molecule has 0 heterocycles. The highest BCUT2D eigenvalue weighted by Crippen LogP contribution is 2.59. The maximum atomic E-state index is 5.94. The van der Waals surface area contributed by atoms with E-state index in [9.17, 15) is 0 Å². The second kappa shape index (κ2) is 2.95. The van der Waals surface area contributed by atoms with Crippen LogP contribution in [0.2, 0.25) is 0 Å². The average molecular weight is 177 g/mol. The van der Waals surface area contributed by atoms with Crippen LogP contribution in [0.4, 0.5) is 0 Å². The van der Waals surface area contributed by atoms with Crippen LogP contribution >= 0.6 is 11.6 Å². The van der Waals surface area contributed by atoms with E-state index in [1.807, 2.05) is 0 Å². The predicted octanol–water partition coefficient (Wildman–Crippen LogP) is 1.52. The lowest BCUT2D eigenvalue weighted by molar-refractivity contribution is -0.374. The van der Waals surface area contributed by atoms with E-state index in [-0.39, 0.29) is 0 Å². The molecule has 0 saturated heterocycles. The van der Waals surface area contributed by atoms with Crippen LogP contribution in [0.5, 0.6) is 0 Å². The Bertz CT molecular complexity index is 142. The zero-order valence-corrected chi connectivity index (χ0v) is 8.49. The lowest BCUT2D eigenvalue weighted by Crippen LogP contribution is -2.52. The number of hydrogen-bond donors (Lipinski definition) is 1. The molecule has 3 atom stereocenters. The van der Waals surface area contributed by atoms with Gasteiger partial charge in [0.15, 0.2) is 0 Å². The van der Waals surface area contributed by atoms with Crippen molar-refractivity contribution >= 4 is 11.6 Å². The van der Waals surface area contributed by atoms with Crippen molar-refractivity contribution in [3.63, 3.8) is 0 Å². The van der Waals surface area contributed by atoms with Crippen molar-refractivity contribution in [3.8, 4) is 0 Å². The fourth-order valence-electron chi connectivity index (χ4n) is 2.25. The molecule has 0 unspecified atom stereocenters. The Labute approximate surface area is 74.3 Å². The maximum absolute atomic E-state index is 5.94. The molecule has 11 heavy (non-hydrogen) atoms. The maximum Gasteiger partial charge on any atom is 0.0776 e. The van der Waals surface area contributed by atoms with E-state index < -0.39 is 0 Å². The van der Waals surface area contributed by atoms with Crippen LogP contribution in [0.25, 0.3) is 0 Å². The average Bonchev–Trinajstić information content (AvgIpc) is 2.33. The van der Waals surface area contributed by atoms with Crippen LogP contribution in [-0.4, -0.2) is 11.9 Å². The SMILES string of the molecule is C[C@H](Cl)C[C@@H]1[C@H](C[NH3+])C1(C)C. The van der Waals surface area contributed by atoms with E-state index in [4.69, 9.17) is 11.6 Å². The van der Waals surface area contributed by atoms with Gasteiger partial charge >= 0.3 is 0 Å². The molecule has 0 aromatic rings. The van der Waals surface area contributed by atoms with Crippen molar-refractivity contribution in [2.24, 2.45) is 17.3 Å². The standard InChI is InChI=1S/C9H18ClN/c1-6(10)4-7-8(5-11)9(7,2)3/h6-8H,4-5,11H2,1-3H3/p+1/t6-,7+,8-/m0/s1. The van der Waals surface area contributed by atoms with Gasteiger partial charge in [0.2, 0.25) is 0 Å². The Balaban J connectivity index is 2.39. The first kappa shape index (κ1) is 9.34. The van der Waals surface area contributed by atoms with Gasteiger partial charge in [-0.15, -0.1) is 11.6 Å². The molecule has 1 saturated carbocycles. The first-order valence-electron chi connectivity index (χ1n) is 4.43. The minimum atomic E-state index is 0.329. The first-order chi connectivity index (χ1) is 5.00. The summed E-state index contributed by atoms with van der Waals surface area (Å²) in [5, 5.41) is 0.329. The van der Waals surface area contributed by atoms with Gasteiger partial charge in [0.1, 0.15) is 0 Å².